The van der Waals surface area contributed by atoms with E-state index in [1.54, 1.807) is 13.0 Å². The summed E-state index contributed by atoms with van der Waals surface area (Å²) >= 11 is 5.87. The third-order valence-corrected chi connectivity index (χ3v) is 3.88. The topological polar surface area (TPSA) is 72.2 Å². The van der Waals surface area contributed by atoms with E-state index in [4.69, 9.17) is 17.3 Å². The van der Waals surface area contributed by atoms with Crippen LogP contribution in [0.2, 0.25) is 5.02 Å². The van der Waals surface area contributed by atoms with E-state index in [-0.39, 0.29) is 29.9 Å². The fraction of sp³-hybridized carbons (Fsp3) is 0.400. The van der Waals surface area contributed by atoms with E-state index in [0.717, 1.165) is 5.56 Å². The minimum atomic E-state index is -3.51. The summed E-state index contributed by atoms with van der Waals surface area (Å²) in [5, 5.41) is 0.434. The fourth-order valence-electron chi connectivity index (χ4n) is 1.07. The minimum Gasteiger partial charge on any atom is -0.327 e. The lowest BCUT2D eigenvalue weighted by Crippen LogP contribution is -2.35. The number of benzene rings is 1. The molecular formula is C10H16Cl2N2O2S. The molecule has 3 N–H and O–H groups in total. The van der Waals surface area contributed by atoms with Crippen LogP contribution in [-0.4, -0.2) is 21.0 Å². The SMILES string of the molecule is Cc1ccc(S(=O)(=O)NCC(C)N)cc1Cl.Cl. The van der Waals surface area contributed by atoms with Crippen LogP contribution in [0.1, 0.15) is 12.5 Å². The molecule has 0 aliphatic rings. The van der Waals surface area contributed by atoms with Crippen LogP contribution in [0, 0.1) is 6.92 Å². The van der Waals surface area contributed by atoms with Crippen LogP contribution in [-0.2, 0) is 10.0 Å². The van der Waals surface area contributed by atoms with Crippen LogP contribution < -0.4 is 10.5 Å². The molecule has 0 fully saturated rings. The Labute approximate surface area is 113 Å². The highest BCUT2D eigenvalue weighted by Crippen LogP contribution is 2.19. The van der Waals surface area contributed by atoms with Gasteiger partial charge < -0.3 is 5.73 Å². The van der Waals surface area contributed by atoms with Crippen molar-refractivity contribution in [2.75, 3.05) is 6.54 Å². The second-order valence-electron chi connectivity index (χ2n) is 3.74. The smallest absolute Gasteiger partial charge is 0.240 e. The summed E-state index contributed by atoms with van der Waals surface area (Å²) in [6, 6.07) is 4.39. The molecule has 0 heterocycles. The van der Waals surface area contributed by atoms with Crippen molar-refractivity contribution >= 4 is 34.0 Å². The lowest BCUT2D eigenvalue weighted by molar-refractivity contribution is 0.574. The number of hydrogen-bond donors (Lipinski definition) is 2. The summed E-state index contributed by atoms with van der Waals surface area (Å²) in [7, 11) is -3.51. The molecule has 0 spiro atoms. The molecular weight excluding hydrogens is 283 g/mol. The lowest BCUT2D eigenvalue weighted by atomic mass is 10.2. The molecule has 0 saturated carbocycles. The van der Waals surface area contributed by atoms with Crippen molar-refractivity contribution in [3.63, 3.8) is 0 Å². The molecule has 4 nitrogen and oxygen atoms in total. The maximum atomic E-state index is 11.8. The van der Waals surface area contributed by atoms with Crippen molar-refractivity contribution in [3.05, 3.63) is 28.8 Å². The molecule has 0 bridgehead atoms. The molecule has 0 aliphatic heterocycles. The standard InChI is InChI=1S/C10H15ClN2O2S.ClH/c1-7-3-4-9(5-10(7)11)16(14,15)13-6-8(2)12;/h3-5,8,13H,6,12H2,1-2H3;1H. The van der Waals surface area contributed by atoms with Gasteiger partial charge in [-0.05, 0) is 31.5 Å². The highest BCUT2D eigenvalue weighted by molar-refractivity contribution is 7.89. The maximum Gasteiger partial charge on any atom is 0.240 e. The predicted molar refractivity (Wildman–Crippen MR) is 72.3 cm³/mol. The zero-order chi connectivity index (χ0) is 12.3. The number of hydrogen-bond acceptors (Lipinski definition) is 3. The Hall–Kier alpha value is -0.330. The Morgan fingerprint density at radius 3 is 2.53 bits per heavy atom. The highest BCUT2D eigenvalue weighted by atomic mass is 35.5. The van der Waals surface area contributed by atoms with Crippen molar-refractivity contribution in [1.82, 2.24) is 4.72 Å². The molecule has 0 aromatic heterocycles. The Morgan fingerprint density at radius 1 is 1.47 bits per heavy atom. The summed E-state index contributed by atoms with van der Waals surface area (Å²) in [6.07, 6.45) is 0. The van der Waals surface area contributed by atoms with E-state index in [2.05, 4.69) is 4.72 Å². The largest absolute Gasteiger partial charge is 0.327 e. The minimum absolute atomic E-state index is 0. The summed E-state index contributed by atoms with van der Waals surface area (Å²) < 4.78 is 26.0. The van der Waals surface area contributed by atoms with Crippen molar-refractivity contribution in [2.45, 2.75) is 24.8 Å². The maximum absolute atomic E-state index is 11.8. The summed E-state index contributed by atoms with van der Waals surface area (Å²) in [5.41, 5.74) is 6.32. The molecule has 1 rings (SSSR count). The molecule has 17 heavy (non-hydrogen) atoms. The van der Waals surface area contributed by atoms with Crippen LogP contribution in [0.25, 0.3) is 0 Å². The van der Waals surface area contributed by atoms with E-state index in [0.29, 0.717) is 5.02 Å². The first-order valence-corrected chi connectivity index (χ1v) is 6.70. The van der Waals surface area contributed by atoms with Gasteiger partial charge in [0.15, 0.2) is 0 Å². The monoisotopic (exact) mass is 298 g/mol. The molecule has 98 valence electrons. The molecule has 7 heteroatoms. The third kappa shape index (κ3) is 4.81. The highest BCUT2D eigenvalue weighted by Gasteiger charge is 2.14. The first-order chi connectivity index (χ1) is 7.33. The first kappa shape index (κ1) is 16.7. The summed E-state index contributed by atoms with van der Waals surface area (Å²) in [6.45, 7) is 3.74. The quantitative estimate of drug-likeness (QED) is 0.888. The lowest BCUT2D eigenvalue weighted by Gasteiger charge is -2.09. The van der Waals surface area contributed by atoms with E-state index in [1.807, 2.05) is 6.92 Å². The van der Waals surface area contributed by atoms with Crippen molar-refractivity contribution < 1.29 is 8.42 Å². The Bertz CT molecular complexity index is 475. The van der Waals surface area contributed by atoms with Crippen LogP contribution in [0.15, 0.2) is 23.1 Å². The zero-order valence-corrected chi connectivity index (χ0v) is 12.0. The van der Waals surface area contributed by atoms with Crippen molar-refractivity contribution in [1.29, 1.82) is 0 Å². The van der Waals surface area contributed by atoms with E-state index < -0.39 is 10.0 Å². The molecule has 1 aromatic rings. The second-order valence-corrected chi connectivity index (χ2v) is 5.91. The zero-order valence-electron chi connectivity index (χ0n) is 9.60. The van der Waals surface area contributed by atoms with E-state index in [1.165, 1.54) is 12.1 Å². The van der Waals surface area contributed by atoms with Crippen LogP contribution in [0.5, 0.6) is 0 Å². The van der Waals surface area contributed by atoms with E-state index >= 15 is 0 Å². The molecule has 1 unspecified atom stereocenters. The Balaban J connectivity index is 0.00000256. The Morgan fingerprint density at radius 2 is 2.06 bits per heavy atom. The predicted octanol–water partition coefficient (Wildman–Crippen LogP) is 1.70. The summed E-state index contributed by atoms with van der Waals surface area (Å²) in [4.78, 5) is 0.156. The van der Waals surface area contributed by atoms with Gasteiger partial charge in [-0.1, -0.05) is 17.7 Å². The van der Waals surface area contributed by atoms with Crippen LogP contribution in [0.3, 0.4) is 0 Å². The molecule has 1 aromatic carbocycles. The number of aryl methyl sites for hydroxylation is 1. The third-order valence-electron chi connectivity index (χ3n) is 2.05. The van der Waals surface area contributed by atoms with Gasteiger partial charge in [-0.2, -0.15) is 0 Å². The molecule has 0 amide bonds. The molecule has 0 radical (unpaired) electrons. The van der Waals surface area contributed by atoms with Crippen molar-refractivity contribution in [2.24, 2.45) is 5.73 Å². The Kier molecular flexibility index (Phi) is 6.43. The number of nitrogens with one attached hydrogen (secondary N) is 1. The van der Waals surface area contributed by atoms with Gasteiger partial charge in [0, 0.05) is 17.6 Å². The van der Waals surface area contributed by atoms with Gasteiger partial charge in [0.2, 0.25) is 10.0 Å². The number of nitrogens with two attached hydrogens (primary N) is 1. The molecule has 0 saturated heterocycles. The molecule has 0 aliphatic carbocycles. The van der Waals surface area contributed by atoms with Gasteiger partial charge in [-0.3, -0.25) is 0 Å². The van der Waals surface area contributed by atoms with Gasteiger partial charge in [-0.15, -0.1) is 12.4 Å². The van der Waals surface area contributed by atoms with Crippen LogP contribution >= 0.6 is 24.0 Å². The van der Waals surface area contributed by atoms with E-state index in [9.17, 15) is 8.42 Å². The number of halogens is 2. The second kappa shape index (κ2) is 6.56. The van der Waals surface area contributed by atoms with Gasteiger partial charge in [0.25, 0.3) is 0 Å². The molecule has 1 atom stereocenters. The number of sulfonamides is 1. The van der Waals surface area contributed by atoms with Crippen LogP contribution in [0.4, 0.5) is 0 Å². The fourth-order valence-corrected chi connectivity index (χ4v) is 2.48. The number of rotatable bonds is 4. The summed E-state index contributed by atoms with van der Waals surface area (Å²) in [5.74, 6) is 0. The van der Waals surface area contributed by atoms with Crippen molar-refractivity contribution in [3.8, 4) is 0 Å². The average Bonchev–Trinajstić information content (AvgIpc) is 2.19. The van der Waals surface area contributed by atoms with Gasteiger partial charge >= 0.3 is 0 Å². The van der Waals surface area contributed by atoms with Gasteiger partial charge in [0.1, 0.15) is 0 Å². The normalized spacial score (nSPS) is 12.9. The average molecular weight is 299 g/mol. The van der Waals surface area contributed by atoms with Gasteiger partial charge in [-0.25, -0.2) is 13.1 Å². The van der Waals surface area contributed by atoms with Gasteiger partial charge in [0.05, 0.1) is 4.90 Å². The first-order valence-electron chi connectivity index (χ1n) is 4.84.